The normalized spacial score (nSPS) is 29.3. The number of nitrogens with two attached hydrogens (primary N) is 1. The van der Waals surface area contributed by atoms with Crippen molar-refractivity contribution in [2.24, 2.45) is 5.73 Å². The summed E-state index contributed by atoms with van der Waals surface area (Å²) < 4.78 is 5.57. The summed E-state index contributed by atoms with van der Waals surface area (Å²) in [4.78, 5) is 11.6. The van der Waals surface area contributed by atoms with Crippen molar-refractivity contribution in [3.8, 4) is 0 Å². The van der Waals surface area contributed by atoms with Crippen LogP contribution in [0.2, 0.25) is 0 Å². The Kier molecular flexibility index (Phi) is 5.75. The lowest BCUT2D eigenvalue weighted by Crippen LogP contribution is -2.53. The summed E-state index contributed by atoms with van der Waals surface area (Å²) in [5, 5.41) is 4.06. The van der Waals surface area contributed by atoms with Crippen LogP contribution in [-0.2, 0) is 9.53 Å². The van der Waals surface area contributed by atoms with E-state index in [9.17, 15) is 4.79 Å². The van der Waals surface area contributed by atoms with Crippen LogP contribution >= 0.6 is 11.8 Å². The van der Waals surface area contributed by atoms with Crippen LogP contribution in [0.25, 0.3) is 0 Å². The smallest absolute Gasteiger partial charge is 0.237 e. The van der Waals surface area contributed by atoms with Crippen molar-refractivity contribution in [3.05, 3.63) is 0 Å². The van der Waals surface area contributed by atoms with Crippen molar-refractivity contribution in [2.45, 2.75) is 75.3 Å². The first-order chi connectivity index (χ1) is 9.51. The molecule has 0 radical (unpaired) electrons. The first-order valence-corrected chi connectivity index (χ1v) is 8.87. The summed E-state index contributed by atoms with van der Waals surface area (Å²) in [5.74, 6) is 0.936. The lowest BCUT2D eigenvalue weighted by molar-refractivity contribution is -0.124. The summed E-state index contributed by atoms with van der Waals surface area (Å²) in [6, 6.07) is 0.512. The van der Waals surface area contributed by atoms with Gasteiger partial charge in [0.1, 0.15) is 0 Å². The van der Waals surface area contributed by atoms with Crippen LogP contribution in [0.5, 0.6) is 0 Å². The van der Waals surface area contributed by atoms with Crippen molar-refractivity contribution >= 4 is 17.7 Å². The Bertz CT molecular complexity index is 336. The Morgan fingerprint density at radius 1 is 1.40 bits per heavy atom. The second-order valence-electron chi connectivity index (χ2n) is 6.35. The third-order valence-electron chi connectivity index (χ3n) is 4.35. The number of ether oxygens (including phenoxy) is 1. The topological polar surface area (TPSA) is 64.3 Å². The predicted molar refractivity (Wildman–Crippen MR) is 83.9 cm³/mol. The van der Waals surface area contributed by atoms with Gasteiger partial charge in [0.25, 0.3) is 0 Å². The van der Waals surface area contributed by atoms with Crippen molar-refractivity contribution in [2.75, 3.05) is 12.4 Å². The molecule has 20 heavy (non-hydrogen) atoms. The van der Waals surface area contributed by atoms with Crippen LogP contribution in [-0.4, -0.2) is 41.2 Å². The Labute approximate surface area is 126 Å². The third-order valence-corrected chi connectivity index (χ3v) is 5.93. The summed E-state index contributed by atoms with van der Waals surface area (Å²) in [6.45, 7) is 5.02. The molecule has 2 aliphatic rings. The molecule has 4 nitrogen and oxygen atoms in total. The molecule has 5 heteroatoms. The molecule has 2 rings (SSSR count). The minimum absolute atomic E-state index is 0.213. The van der Waals surface area contributed by atoms with Gasteiger partial charge in [-0.25, -0.2) is 0 Å². The largest absolute Gasteiger partial charge is 0.377 e. The molecule has 0 aromatic heterocycles. The maximum Gasteiger partial charge on any atom is 0.237 e. The highest BCUT2D eigenvalue weighted by molar-refractivity contribution is 7.99. The van der Waals surface area contributed by atoms with Crippen LogP contribution in [0.15, 0.2) is 0 Å². The molecule has 1 saturated heterocycles. The van der Waals surface area contributed by atoms with E-state index in [2.05, 4.69) is 12.2 Å². The molecule has 1 aliphatic carbocycles. The molecular formula is C15H28N2O2S. The van der Waals surface area contributed by atoms with Crippen LogP contribution < -0.4 is 11.1 Å². The summed E-state index contributed by atoms with van der Waals surface area (Å²) in [6.07, 6.45) is 6.96. The van der Waals surface area contributed by atoms with E-state index in [0.29, 0.717) is 17.4 Å². The van der Waals surface area contributed by atoms with Gasteiger partial charge in [0.15, 0.2) is 0 Å². The minimum Gasteiger partial charge on any atom is -0.377 e. The first-order valence-electron chi connectivity index (χ1n) is 7.82. The Hall–Kier alpha value is -0.260. The first kappa shape index (κ1) is 16.1. The molecule has 1 amide bonds. The van der Waals surface area contributed by atoms with Gasteiger partial charge in [0.2, 0.25) is 5.91 Å². The van der Waals surface area contributed by atoms with Gasteiger partial charge in [-0.05, 0) is 51.7 Å². The highest BCUT2D eigenvalue weighted by Gasteiger charge is 2.36. The van der Waals surface area contributed by atoms with Gasteiger partial charge in [0.05, 0.1) is 11.6 Å². The second-order valence-corrected chi connectivity index (χ2v) is 7.69. The molecule has 1 saturated carbocycles. The van der Waals surface area contributed by atoms with E-state index in [4.69, 9.17) is 10.5 Å². The van der Waals surface area contributed by atoms with E-state index in [1.54, 1.807) is 0 Å². The molecule has 3 unspecified atom stereocenters. The van der Waals surface area contributed by atoms with Gasteiger partial charge in [0, 0.05) is 17.9 Å². The fourth-order valence-corrected chi connectivity index (χ4v) is 3.98. The molecule has 1 aliphatic heterocycles. The summed E-state index contributed by atoms with van der Waals surface area (Å²) in [5.41, 5.74) is 5.04. The molecule has 116 valence electrons. The molecule has 1 heterocycles. The van der Waals surface area contributed by atoms with Gasteiger partial charge >= 0.3 is 0 Å². The van der Waals surface area contributed by atoms with Crippen LogP contribution in [0.4, 0.5) is 0 Å². The third kappa shape index (κ3) is 4.64. The number of primary amides is 1. The number of carbonyl (C=O) groups is 1. The lowest BCUT2D eigenvalue weighted by Gasteiger charge is -2.27. The molecule has 0 bridgehead atoms. The molecule has 2 fully saturated rings. The molecule has 0 aromatic rings. The molecule has 3 N–H and O–H groups in total. The van der Waals surface area contributed by atoms with E-state index < -0.39 is 5.54 Å². The van der Waals surface area contributed by atoms with E-state index in [1.807, 2.05) is 18.7 Å². The van der Waals surface area contributed by atoms with Gasteiger partial charge in [-0.2, -0.15) is 11.8 Å². The van der Waals surface area contributed by atoms with Gasteiger partial charge < -0.3 is 15.8 Å². The number of thioether (sulfide) groups is 1. The van der Waals surface area contributed by atoms with Gasteiger partial charge in [-0.1, -0.05) is 6.42 Å². The summed E-state index contributed by atoms with van der Waals surface area (Å²) >= 11 is 2.02. The number of carbonyl (C=O) groups excluding carboxylic acids is 1. The number of unbranched alkanes of at least 4 members (excludes halogenated alkanes) is 1. The average molecular weight is 300 g/mol. The van der Waals surface area contributed by atoms with Gasteiger partial charge in [-0.3, -0.25) is 4.79 Å². The van der Waals surface area contributed by atoms with Crippen LogP contribution in [0.1, 0.15) is 52.4 Å². The molecular weight excluding hydrogens is 272 g/mol. The maximum atomic E-state index is 11.6. The quantitative estimate of drug-likeness (QED) is 0.640. The van der Waals surface area contributed by atoms with Crippen molar-refractivity contribution < 1.29 is 9.53 Å². The zero-order valence-electron chi connectivity index (χ0n) is 12.7. The maximum absolute atomic E-state index is 11.6. The average Bonchev–Trinajstić information content (AvgIpc) is 3.10. The highest BCUT2D eigenvalue weighted by atomic mass is 32.2. The molecule has 3 atom stereocenters. The van der Waals surface area contributed by atoms with Crippen LogP contribution in [0.3, 0.4) is 0 Å². The summed E-state index contributed by atoms with van der Waals surface area (Å²) in [7, 11) is 0. The zero-order chi connectivity index (χ0) is 14.6. The number of hydrogen-bond acceptors (Lipinski definition) is 4. The Balaban J connectivity index is 1.61. The Morgan fingerprint density at radius 2 is 2.15 bits per heavy atom. The molecule has 0 aromatic carbocycles. The monoisotopic (exact) mass is 300 g/mol. The van der Waals surface area contributed by atoms with Crippen molar-refractivity contribution in [1.29, 1.82) is 0 Å². The minimum atomic E-state index is -0.518. The van der Waals surface area contributed by atoms with Crippen LogP contribution in [0, 0.1) is 0 Å². The SMILES string of the molecule is CC1OCCC1SCCCCC(C)(NC1CC1)C(N)=O. The number of hydrogen-bond donors (Lipinski definition) is 2. The zero-order valence-corrected chi connectivity index (χ0v) is 13.5. The number of rotatable bonds is 9. The fourth-order valence-electron chi connectivity index (χ4n) is 2.69. The second kappa shape index (κ2) is 7.14. The van der Waals surface area contributed by atoms with E-state index in [1.165, 1.54) is 19.3 Å². The highest BCUT2D eigenvalue weighted by Crippen LogP contribution is 2.28. The van der Waals surface area contributed by atoms with Crippen molar-refractivity contribution in [1.82, 2.24) is 5.32 Å². The number of amides is 1. The Morgan fingerprint density at radius 3 is 2.70 bits per heavy atom. The fraction of sp³-hybridized carbons (Fsp3) is 0.933. The van der Waals surface area contributed by atoms with E-state index in [-0.39, 0.29) is 5.91 Å². The van der Waals surface area contributed by atoms with E-state index in [0.717, 1.165) is 31.6 Å². The number of nitrogens with one attached hydrogen (secondary N) is 1. The lowest BCUT2D eigenvalue weighted by atomic mass is 9.94. The van der Waals surface area contributed by atoms with Gasteiger partial charge in [-0.15, -0.1) is 0 Å². The van der Waals surface area contributed by atoms with E-state index >= 15 is 0 Å². The van der Waals surface area contributed by atoms with Crippen molar-refractivity contribution in [3.63, 3.8) is 0 Å². The molecule has 0 spiro atoms. The standard InChI is InChI=1S/C15H28N2O2S/c1-11-13(7-9-19-11)20-10-4-3-8-15(2,14(16)18)17-12-5-6-12/h11-13,17H,3-10H2,1-2H3,(H2,16,18). The predicted octanol–water partition coefficient (Wildman–Crippen LogP) is 2.06.